The summed E-state index contributed by atoms with van der Waals surface area (Å²) in [4.78, 5) is 0. The predicted octanol–water partition coefficient (Wildman–Crippen LogP) is 1.96. The van der Waals surface area contributed by atoms with Gasteiger partial charge >= 0.3 is 6.18 Å². The van der Waals surface area contributed by atoms with Crippen LogP contribution in [0.5, 0.6) is 0 Å². The molecule has 0 amide bonds. The van der Waals surface area contributed by atoms with Crippen molar-refractivity contribution in [3.63, 3.8) is 0 Å². The molecule has 0 aliphatic carbocycles. The Labute approximate surface area is 121 Å². The van der Waals surface area contributed by atoms with Crippen LogP contribution < -0.4 is 5.73 Å². The van der Waals surface area contributed by atoms with Gasteiger partial charge in [0.1, 0.15) is 0 Å². The lowest BCUT2D eigenvalue weighted by Gasteiger charge is -2.29. The van der Waals surface area contributed by atoms with Gasteiger partial charge in [-0.05, 0) is 24.5 Å². The summed E-state index contributed by atoms with van der Waals surface area (Å²) in [7, 11) is -3.65. The van der Waals surface area contributed by atoms with Crippen LogP contribution in [0.25, 0.3) is 0 Å². The van der Waals surface area contributed by atoms with Gasteiger partial charge in [0.25, 0.3) is 0 Å². The van der Waals surface area contributed by atoms with Crippen molar-refractivity contribution in [1.82, 2.24) is 4.31 Å². The Hall–Kier alpha value is -1.12. The van der Waals surface area contributed by atoms with Crippen LogP contribution in [-0.2, 0) is 22.0 Å². The van der Waals surface area contributed by atoms with E-state index in [4.69, 9.17) is 5.73 Å². The van der Waals surface area contributed by atoms with E-state index in [2.05, 4.69) is 0 Å². The van der Waals surface area contributed by atoms with Crippen LogP contribution in [0.1, 0.15) is 24.0 Å². The van der Waals surface area contributed by atoms with Crippen LogP contribution in [0.15, 0.2) is 24.3 Å². The maximum atomic E-state index is 12.6. The molecule has 4 nitrogen and oxygen atoms in total. The van der Waals surface area contributed by atoms with Gasteiger partial charge in [-0.25, -0.2) is 12.7 Å². The van der Waals surface area contributed by atoms with Gasteiger partial charge in [-0.2, -0.15) is 13.2 Å². The molecule has 21 heavy (non-hydrogen) atoms. The van der Waals surface area contributed by atoms with Crippen molar-refractivity contribution in [3.8, 4) is 0 Å². The highest BCUT2D eigenvalue weighted by atomic mass is 32.2. The van der Waals surface area contributed by atoms with E-state index < -0.39 is 27.5 Å². The van der Waals surface area contributed by atoms with Crippen LogP contribution in [0.2, 0.25) is 0 Å². The number of piperidine rings is 1. The Morgan fingerprint density at radius 3 is 2.67 bits per heavy atom. The fraction of sp³-hybridized carbons (Fsp3) is 0.538. The average Bonchev–Trinajstić information content (AvgIpc) is 2.37. The van der Waals surface area contributed by atoms with E-state index in [1.165, 1.54) is 16.4 Å². The third kappa shape index (κ3) is 4.18. The number of hydrogen-bond acceptors (Lipinski definition) is 3. The first-order valence-electron chi connectivity index (χ1n) is 6.58. The number of nitrogens with two attached hydrogens (primary N) is 1. The van der Waals surface area contributed by atoms with Crippen LogP contribution >= 0.6 is 0 Å². The third-order valence-electron chi connectivity index (χ3n) is 3.42. The highest BCUT2D eigenvalue weighted by molar-refractivity contribution is 7.88. The summed E-state index contributed by atoms with van der Waals surface area (Å²) in [6, 6.07) is 4.19. The van der Waals surface area contributed by atoms with Gasteiger partial charge in [0.15, 0.2) is 0 Å². The van der Waals surface area contributed by atoms with E-state index >= 15 is 0 Å². The SMILES string of the molecule is NC1CCCN(S(=O)(=O)Cc2cccc(C(F)(F)F)c2)C1. The molecule has 8 heteroatoms. The number of rotatable bonds is 3. The maximum absolute atomic E-state index is 12.6. The monoisotopic (exact) mass is 322 g/mol. The molecule has 1 atom stereocenters. The summed E-state index contributed by atoms with van der Waals surface area (Å²) in [6.45, 7) is 0.594. The Kier molecular flexibility index (Phi) is 4.60. The first-order valence-corrected chi connectivity index (χ1v) is 8.19. The summed E-state index contributed by atoms with van der Waals surface area (Å²) >= 11 is 0. The van der Waals surface area contributed by atoms with Crippen molar-refractivity contribution in [2.75, 3.05) is 13.1 Å². The molecule has 0 spiro atoms. The number of sulfonamides is 1. The van der Waals surface area contributed by atoms with Crippen LogP contribution in [0.4, 0.5) is 13.2 Å². The van der Waals surface area contributed by atoms with E-state index in [1.807, 2.05) is 0 Å². The minimum absolute atomic E-state index is 0.129. The first-order chi connectivity index (χ1) is 9.68. The fourth-order valence-corrected chi connectivity index (χ4v) is 3.98. The zero-order chi connectivity index (χ0) is 15.7. The Morgan fingerprint density at radius 2 is 2.05 bits per heavy atom. The minimum Gasteiger partial charge on any atom is -0.327 e. The molecule has 1 heterocycles. The predicted molar refractivity (Wildman–Crippen MR) is 72.9 cm³/mol. The highest BCUT2D eigenvalue weighted by Gasteiger charge is 2.32. The second kappa shape index (κ2) is 5.94. The Balaban J connectivity index is 2.17. The van der Waals surface area contributed by atoms with Gasteiger partial charge < -0.3 is 5.73 Å². The van der Waals surface area contributed by atoms with Crippen LogP contribution in [0.3, 0.4) is 0 Å². The Morgan fingerprint density at radius 1 is 1.33 bits per heavy atom. The molecule has 118 valence electrons. The first kappa shape index (κ1) is 16.3. The minimum atomic E-state index is -4.48. The van der Waals surface area contributed by atoms with Crippen molar-refractivity contribution < 1.29 is 21.6 Å². The molecule has 1 aliphatic heterocycles. The molecular weight excluding hydrogens is 305 g/mol. The molecule has 0 saturated carbocycles. The molecule has 1 unspecified atom stereocenters. The van der Waals surface area contributed by atoms with Gasteiger partial charge in [-0.1, -0.05) is 18.2 Å². The number of nitrogens with zero attached hydrogens (tertiary/aromatic N) is 1. The van der Waals surface area contributed by atoms with E-state index in [0.29, 0.717) is 13.0 Å². The van der Waals surface area contributed by atoms with E-state index in [-0.39, 0.29) is 18.2 Å². The van der Waals surface area contributed by atoms with Crippen molar-refractivity contribution in [1.29, 1.82) is 0 Å². The topological polar surface area (TPSA) is 63.4 Å². The van der Waals surface area contributed by atoms with Crippen LogP contribution in [-0.4, -0.2) is 31.9 Å². The molecule has 0 radical (unpaired) electrons. The molecule has 1 aromatic carbocycles. The second-order valence-corrected chi connectivity index (χ2v) is 7.18. The van der Waals surface area contributed by atoms with E-state index in [1.54, 1.807) is 0 Å². The standard InChI is InChI=1S/C13H17F3N2O2S/c14-13(15,16)11-4-1-3-10(7-11)9-21(19,20)18-6-2-5-12(17)8-18/h1,3-4,7,12H,2,5-6,8-9,17H2. The Bertz CT molecular complexity index is 602. The quantitative estimate of drug-likeness (QED) is 0.925. The fourth-order valence-electron chi connectivity index (χ4n) is 2.37. The summed E-state index contributed by atoms with van der Waals surface area (Å²) in [5.41, 5.74) is 5.03. The summed E-state index contributed by atoms with van der Waals surface area (Å²) < 4.78 is 63.7. The second-order valence-electron chi connectivity index (χ2n) is 5.21. The average molecular weight is 322 g/mol. The zero-order valence-electron chi connectivity index (χ0n) is 11.3. The number of alkyl halides is 3. The molecule has 1 fully saturated rings. The molecular formula is C13H17F3N2O2S. The zero-order valence-corrected chi connectivity index (χ0v) is 12.1. The lowest BCUT2D eigenvalue weighted by Crippen LogP contribution is -2.46. The van der Waals surface area contributed by atoms with Gasteiger partial charge in [0, 0.05) is 19.1 Å². The molecule has 0 aromatic heterocycles. The van der Waals surface area contributed by atoms with Crippen molar-refractivity contribution >= 4 is 10.0 Å². The van der Waals surface area contributed by atoms with Gasteiger partial charge in [-0.15, -0.1) is 0 Å². The van der Waals surface area contributed by atoms with Gasteiger partial charge in [-0.3, -0.25) is 0 Å². The maximum Gasteiger partial charge on any atom is 0.416 e. The smallest absolute Gasteiger partial charge is 0.327 e. The molecule has 1 saturated heterocycles. The summed E-state index contributed by atoms with van der Waals surface area (Å²) in [5, 5.41) is 0. The largest absolute Gasteiger partial charge is 0.416 e. The lowest BCUT2D eigenvalue weighted by molar-refractivity contribution is -0.137. The van der Waals surface area contributed by atoms with Gasteiger partial charge in [0.05, 0.1) is 11.3 Å². The summed E-state index contributed by atoms with van der Waals surface area (Å²) in [5.74, 6) is -0.441. The van der Waals surface area contributed by atoms with E-state index in [0.717, 1.165) is 18.6 Å². The normalized spacial score (nSPS) is 21.4. The van der Waals surface area contributed by atoms with Crippen LogP contribution in [0, 0.1) is 0 Å². The molecule has 2 N–H and O–H groups in total. The molecule has 2 rings (SSSR count). The highest BCUT2D eigenvalue weighted by Crippen LogP contribution is 2.30. The van der Waals surface area contributed by atoms with Crippen molar-refractivity contribution in [2.24, 2.45) is 5.73 Å². The number of benzene rings is 1. The van der Waals surface area contributed by atoms with Crippen molar-refractivity contribution in [2.45, 2.75) is 30.8 Å². The van der Waals surface area contributed by atoms with E-state index in [9.17, 15) is 21.6 Å². The number of hydrogen-bond donors (Lipinski definition) is 1. The van der Waals surface area contributed by atoms with Crippen molar-refractivity contribution in [3.05, 3.63) is 35.4 Å². The molecule has 1 aromatic rings. The number of halogens is 3. The lowest BCUT2D eigenvalue weighted by atomic mass is 10.1. The molecule has 1 aliphatic rings. The third-order valence-corrected chi connectivity index (χ3v) is 5.23. The van der Waals surface area contributed by atoms with Gasteiger partial charge in [0.2, 0.25) is 10.0 Å². The summed E-state index contributed by atoms with van der Waals surface area (Å²) in [6.07, 6.45) is -3.05. The molecule has 0 bridgehead atoms.